The third kappa shape index (κ3) is 3.65. The van der Waals surface area contributed by atoms with E-state index in [-0.39, 0.29) is 6.04 Å². The van der Waals surface area contributed by atoms with E-state index in [1.54, 1.807) is 11.3 Å². The molecule has 1 atom stereocenters. The second-order valence-electron chi connectivity index (χ2n) is 4.57. The molecule has 17 heavy (non-hydrogen) atoms. The number of aryl methyl sites for hydroxylation is 1. The molecular formula is C14H18N2S. The topological polar surface area (TPSA) is 38.9 Å². The minimum Gasteiger partial charge on any atom is -0.328 e. The molecule has 0 aliphatic carbocycles. The van der Waals surface area contributed by atoms with Crippen molar-refractivity contribution < 1.29 is 0 Å². The van der Waals surface area contributed by atoms with Gasteiger partial charge in [0.05, 0.1) is 5.01 Å². The van der Waals surface area contributed by atoms with Crippen LogP contribution in [0.25, 0.3) is 0 Å². The summed E-state index contributed by atoms with van der Waals surface area (Å²) < 4.78 is 0. The zero-order valence-electron chi connectivity index (χ0n) is 10.3. The highest BCUT2D eigenvalue weighted by molar-refractivity contribution is 7.11. The molecule has 0 fully saturated rings. The first-order chi connectivity index (χ1) is 8.13. The monoisotopic (exact) mass is 246 g/mol. The summed E-state index contributed by atoms with van der Waals surface area (Å²) in [5.41, 5.74) is 8.41. The minimum atomic E-state index is 0.210. The Morgan fingerprint density at radius 3 is 2.94 bits per heavy atom. The van der Waals surface area contributed by atoms with E-state index in [0.29, 0.717) is 0 Å². The maximum atomic E-state index is 5.79. The lowest BCUT2D eigenvalue weighted by molar-refractivity contribution is 0.745. The Morgan fingerprint density at radius 2 is 2.24 bits per heavy atom. The molecule has 0 aliphatic heterocycles. The molecule has 90 valence electrons. The van der Waals surface area contributed by atoms with E-state index < -0.39 is 0 Å². The fourth-order valence-electron chi connectivity index (χ4n) is 1.84. The first-order valence-corrected chi connectivity index (χ1v) is 6.70. The molecule has 0 spiro atoms. The van der Waals surface area contributed by atoms with Crippen LogP contribution in [0.4, 0.5) is 0 Å². The van der Waals surface area contributed by atoms with Crippen molar-refractivity contribution in [3.8, 4) is 0 Å². The van der Waals surface area contributed by atoms with Crippen molar-refractivity contribution in [1.29, 1.82) is 0 Å². The van der Waals surface area contributed by atoms with E-state index in [1.807, 2.05) is 13.1 Å². The molecule has 2 aromatic rings. The number of thiazole rings is 1. The molecule has 1 aromatic carbocycles. The van der Waals surface area contributed by atoms with E-state index >= 15 is 0 Å². The summed E-state index contributed by atoms with van der Waals surface area (Å²) in [4.78, 5) is 5.74. The summed E-state index contributed by atoms with van der Waals surface area (Å²) in [6, 6.07) is 8.79. The van der Waals surface area contributed by atoms with Gasteiger partial charge in [0.2, 0.25) is 0 Å². The van der Waals surface area contributed by atoms with Gasteiger partial charge in [-0.15, -0.1) is 11.3 Å². The molecule has 0 aliphatic rings. The van der Waals surface area contributed by atoms with Crippen LogP contribution in [0.15, 0.2) is 30.5 Å². The summed E-state index contributed by atoms with van der Waals surface area (Å²) in [6.45, 7) is 4.15. The lowest BCUT2D eigenvalue weighted by atomic mass is 10.1. The maximum Gasteiger partial charge on any atom is 0.0971 e. The van der Waals surface area contributed by atoms with Crippen molar-refractivity contribution in [1.82, 2.24) is 4.98 Å². The van der Waals surface area contributed by atoms with Crippen LogP contribution in [0, 0.1) is 6.92 Å². The molecule has 0 saturated heterocycles. The van der Waals surface area contributed by atoms with Crippen LogP contribution in [0.3, 0.4) is 0 Å². The third-order valence-corrected chi connectivity index (χ3v) is 3.58. The summed E-state index contributed by atoms with van der Waals surface area (Å²) in [5.74, 6) is 0. The molecule has 1 aromatic heterocycles. The molecule has 0 saturated carbocycles. The van der Waals surface area contributed by atoms with Crippen LogP contribution in [0.5, 0.6) is 0 Å². The van der Waals surface area contributed by atoms with E-state index in [2.05, 4.69) is 36.2 Å². The highest BCUT2D eigenvalue weighted by Crippen LogP contribution is 2.18. The summed E-state index contributed by atoms with van der Waals surface area (Å²) >= 11 is 1.77. The average molecular weight is 246 g/mol. The molecule has 2 nitrogen and oxygen atoms in total. The lowest BCUT2D eigenvalue weighted by Gasteiger charge is -2.00. The van der Waals surface area contributed by atoms with Crippen LogP contribution < -0.4 is 5.73 Å². The summed E-state index contributed by atoms with van der Waals surface area (Å²) in [7, 11) is 0. The van der Waals surface area contributed by atoms with Gasteiger partial charge in [0, 0.05) is 23.5 Å². The Morgan fingerprint density at radius 1 is 1.41 bits per heavy atom. The Hall–Kier alpha value is -1.19. The van der Waals surface area contributed by atoms with Crippen molar-refractivity contribution >= 4 is 11.3 Å². The number of aromatic nitrogens is 1. The van der Waals surface area contributed by atoms with E-state index in [9.17, 15) is 0 Å². The molecule has 3 heteroatoms. The molecule has 0 radical (unpaired) electrons. The Labute approximate surface area is 107 Å². The highest BCUT2D eigenvalue weighted by atomic mass is 32.1. The molecule has 0 amide bonds. The van der Waals surface area contributed by atoms with Crippen LogP contribution in [0.1, 0.15) is 27.9 Å². The van der Waals surface area contributed by atoms with Gasteiger partial charge in [0.1, 0.15) is 0 Å². The van der Waals surface area contributed by atoms with Gasteiger partial charge in [-0.2, -0.15) is 0 Å². The number of nitrogens with zero attached hydrogens (tertiary/aromatic N) is 1. The standard InChI is InChI=1S/C14H18N2S/c1-10-4-3-5-12(6-10)8-14-16-9-13(17-14)7-11(2)15/h3-6,9,11H,7-8,15H2,1-2H3. The van der Waals surface area contributed by atoms with Crippen molar-refractivity contribution in [3.05, 3.63) is 51.5 Å². The van der Waals surface area contributed by atoms with Gasteiger partial charge >= 0.3 is 0 Å². The zero-order valence-corrected chi connectivity index (χ0v) is 11.1. The van der Waals surface area contributed by atoms with Gasteiger partial charge in [-0.25, -0.2) is 4.98 Å². The van der Waals surface area contributed by atoms with Gasteiger partial charge < -0.3 is 5.73 Å². The van der Waals surface area contributed by atoms with Gasteiger partial charge in [-0.1, -0.05) is 29.8 Å². The van der Waals surface area contributed by atoms with Gasteiger partial charge in [-0.05, 0) is 25.8 Å². The van der Waals surface area contributed by atoms with Crippen molar-refractivity contribution in [2.75, 3.05) is 0 Å². The number of hydrogen-bond acceptors (Lipinski definition) is 3. The fraction of sp³-hybridized carbons (Fsp3) is 0.357. The summed E-state index contributed by atoms with van der Waals surface area (Å²) in [6.07, 6.45) is 3.80. The van der Waals surface area contributed by atoms with Crippen LogP contribution in [0.2, 0.25) is 0 Å². The van der Waals surface area contributed by atoms with Crippen LogP contribution in [-0.2, 0) is 12.8 Å². The molecule has 2 rings (SSSR count). The molecule has 2 N–H and O–H groups in total. The van der Waals surface area contributed by atoms with Crippen molar-refractivity contribution in [2.24, 2.45) is 5.73 Å². The first-order valence-electron chi connectivity index (χ1n) is 5.88. The average Bonchev–Trinajstić information content (AvgIpc) is 2.64. The Bertz CT molecular complexity index is 488. The van der Waals surface area contributed by atoms with Crippen molar-refractivity contribution in [3.63, 3.8) is 0 Å². The number of benzene rings is 1. The first kappa shape index (κ1) is 12.3. The second-order valence-corrected chi connectivity index (χ2v) is 5.77. The number of nitrogens with two attached hydrogens (primary N) is 1. The SMILES string of the molecule is Cc1cccc(Cc2ncc(CC(C)N)s2)c1. The van der Waals surface area contributed by atoms with Gasteiger partial charge in [-0.3, -0.25) is 0 Å². The Balaban J connectivity index is 2.06. The predicted molar refractivity (Wildman–Crippen MR) is 73.5 cm³/mol. The third-order valence-electron chi connectivity index (χ3n) is 2.56. The quantitative estimate of drug-likeness (QED) is 0.901. The molecular weight excluding hydrogens is 228 g/mol. The van der Waals surface area contributed by atoms with E-state index in [0.717, 1.165) is 12.8 Å². The second kappa shape index (κ2) is 5.43. The molecule has 1 heterocycles. The number of rotatable bonds is 4. The Kier molecular flexibility index (Phi) is 3.92. The zero-order chi connectivity index (χ0) is 12.3. The normalized spacial score (nSPS) is 12.6. The number of hydrogen-bond donors (Lipinski definition) is 1. The van der Waals surface area contributed by atoms with Crippen LogP contribution >= 0.6 is 11.3 Å². The lowest BCUT2D eigenvalue weighted by Crippen LogP contribution is -2.16. The summed E-state index contributed by atoms with van der Waals surface area (Å²) in [5, 5.41) is 1.17. The minimum absolute atomic E-state index is 0.210. The smallest absolute Gasteiger partial charge is 0.0971 e. The van der Waals surface area contributed by atoms with E-state index in [4.69, 9.17) is 5.73 Å². The largest absolute Gasteiger partial charge is 0.328 e. The predicted octanol–water partition coefficient (Wildman–Crippen LogP) is 2.93. The molecule has 0 bridgehead atoms. The molecule has 1 unspecified atom stereocenters. The van der Waals surface area contributed by atoms with E-state index in [1.165, 1.54) is 21.0 Å². The van der Waals surface area contributed by atoms with Gasteiger partial charge in [0.15, 0.2) is 0 Å². The highest BCUT2D eigenvalue weighted by Gasteiger charge is 2.05. The van der Waals surface area contributed by atoms with Crippen LogP contribution in [-0.4, -0.2) is 11.0 Å². The van der Waals surface area contributed by atoms with Crippen molar-refractivity contribution in [2.45, 2.75) is 32.7 Å². The fourth-order valence-corrected chi connectivity index (χ4v) is 2.94. The maximum absolute atomic E-state index is 5.79. The van der Waals surface area contributed by atoms with Gasteiger partial charge in [0.25, 0.3) is 0 Å².